The number of pyridine rings is 1. The second-order valence-corrected chi connectivity index (χ2v) is 4.68. The van der Waals surface area contributed by atoms with E-state index in [-0.39, 0.29) is 19.0 Å². The number of hydrazone groups is 1. The third-order valence-electron chi connectivity index (χ3n) is 3.02. The highest BCUT2D eigenvalue weighted by atomic mass is 16.5. The summed E-state index contributed by atoms with van der Waals surface area (Å²) < 4.78 is 5.27. The van der Waals surface area contributed by atoms with Crippen LogP contribution in [-0.4, -0.2) is 33.9 Å². The highest BCUT2D eigenvalue weighted by Crippen LogP contribution is 2.21. The Morgan fingerprint density at radius 2 is 2.13 bits per heavy atom. The van der Waals surface area contributed by atoms with E-state index in [0.29, 0.717) is 22.6 Å². The molecule has 1 aromatic carbocycles. The van der Waals surface area contributed by atoms with E-state index in [2.05, 4.69) is 15.5 Å². The van der Waals surface area contributed by atoms with Crippen LogP contribution >= 0.6 is 0 Å². The molecule has 7 nitrogen and oxygen atoms in total. The summed E-state index contributed by atoms with van der Waals surface area (Å²) in [5, 5.41) is 22.9. The Morgan fingerprint density at radius 3 is 2.83 bits per heavy atom. The summed E-state index contributed by atoms with van der Waals surface area (Å²) >= 11 is 0. The summed E-state index contributed by atoms with van der Waals surface area (Å²) in [6, 6.07) is 8.93. The Balaban J connectivity index is 1.94. The molecule has 1 amide bonds. The lowest BCUT2D eigenvalue weighted by molar-refractivity contribution is -0.123. The molecular weight excluding hydrogens is 298 g/mol. The Labute approximate surface area is 133 Å². The van der Waals surface area contributed by atoms with Crippen molar-refractivity contribution in [3.8, 4) is 11.5 Å². The van der Waals surface area contributed by atoms with Gasteiger partial charge < -0.3 is 14.9 Å². The number of hydrogen-bond acceptors (Lipinski definition) is 6. The number of rotatable bonds is 6. The number of aromatic nitrogens is 1. The lowest BCUT2D eigenvalue weighted by atomic mass is 10.1. The van der Waals surface area contributed by atoms with Crippen molar-refractivity contribution in [1.82, 2.24) is 10.4 Å². The molecule has 0 saturated carbocycles. The van der Waals surface area contributed by atoms with Gasteiger partial charge in [-0.3, -0.25) is 9.78 Å². The van der Waals surface area contributed by atoms with Crippen molar-refractivity contribution in [2.75, 3.05) is 6.61 Å². The van der Waals surface area contributed by atoms with Crippen molar-refractivity contribution in [2.45, 2.75) is 13.5 Å². The standard InChI is InChI=1S/C16H17N3O4/c1-11-16(22)14(12(9-20)7-17-11)8-18-19-15(21)10-23-13-5-3-2-4-6-13/h2-8,20,22H,9-10H2,1H3,(H,19,21)/b18-8-. The number of carbonyl (C=O) groups is 1. The fraction of sp³-hybridized carbons (Fsp3) is 0.188. The van der Waals surface area contributed by atoms with E-state index in [9.17, 15) is 15.0 Å². The molecule has 0 atom stereocenters. The number of aliphatic hydroxyl groups is 1. The topological polar surface area (TPSA) is 104 Å². The fourth-order valence-electron chi connectivity index (χ4n) is 1.79. The summed E-state index contributed by atoms with van der Waals surface area (Å²) in [6.45, 7) is 1.14. The molecule has 2 rings (SSSR count). The quantitative estimate of drug-likeness (QED) is 0.547. The largest absolute Gasteiger partial charge is 0.505 e. The maximum atomic E-state index is 11.6. The molecule has 1 heterocycles. The van der Waals surface area contributed by atoms with Gasteiger partial charge in [0.05, 0.1) is 18.5 Å². The van der Waals surface area contributed by atoms with Gasteiger partial charge >= 0.3 is 0 Å². The molecule has 0 bridgehead atoms. The summed E-state index contributed by atoms with van der Waals surface area (Å²) in [5.74, 6) is 0.0487. The number of aromatic hydroxyl groups is 1. The molecule has 2 aromatic rings. The molecule has 0 saturated heterocycles. The first kappa shape index (κ1) is 16.4. The number of aliphatic hydroxyl groups excluding tert-OH is 1. The predicted octanol–water partition coefficient (Wildman–Crippen LogP) is 1.12. The summed E-state index contributed by atoms with van der Waals surface area (Å²) in [4.78, 5) is 15.6. The minimum absolute atomic E-state index is 0.0879. The van der Waals surface area contributed by atoms with Crippen LogP contribution in [0.4, 0.5) is 0 Å². The minimum Gasteiger partial charge on any atom is -0.505 e. The fourth-order valence-corrected chi connectivity index (χ4v) is 1.79. The lowest BCUT2D eigenvalue weighted by Gasteiger charge is -2.07. The zero-order valence-corrected chi connectivity index (χ0v) is 12.6. The zero-order chi connectivity index (χ0) is 16.7. The molecule has 1 aromatic heterocycles. The minimum atomic E-state index is -0.444. The maximum absolute atomic E-state index is 11.6. The van der Waals surface area contributed by atoms with Crippen molar-refractivity contribution in [1.29, 1.82) is 0 Å². The van der Waals surface area contributed by atoms with Crippen LogP contribution in [0.25, 0.3) is 0 Å². The van der Waals surface area contributed by atoms with Gasteiger partial charge in [0.15, 0.2) is 6.61 Å². The van der Waals surface area contributed by atoms with Gasteiger partial charge in [-0.1, -0.05) is 18.2 Å². The molecule has 0 unspecified atom stereocenters. The third-order valence-corrected chi connectivity index (χ3v) is 3.02. The van der Waals surface area contributed by atoms with Gasteiger partial charge in [-0.25, -0.2) is 5.43 Å². The molecular formula is C16H17N3O4. The third kappa shape index (κ3) is 4.52. The molecule has 7 heteroatoms. The number of nitrogens with zero attached hydrogens (tertiary/aromatic N) is 2. The van der Waals surface area contributed by atoms with Crippen LogP contribution in [0.2, 0.25) is 0 Å². The van der Waals surface area contributed by atoms with Crippen molar-refractivity contribution in [3.63, 3.8) is 0 Å². The number of nitrogens with one attached hydrogen (secondary N) is 1. The van der Waals surface area contributed by atoms with E-state index in [1.165, 1.54) is 12.4 Å². The van der Waals surface area contributed by atoms with Crippen molar-refractivity contribution in [2.24, 2.45) is 5.10 Å². The molecule has 0 fully saturated rings. The highest BCUT2D eigenvalue weighted by Gasteiger charge is 2.09. The zero-order valence-electron chi connectivity index (χ0n) is 12.6. The van der Waals surface area contributed by atoms with Gasteiger partial charge in [0, 0.05) is 17.3 Å². The monoisotopic (exact) mass is 315 g/mol. The van der Waals surface area contributed by atoms with E-state index in [1.54, 1.807) is 31.2 Å². The second kappa shape index (κ2) is 7.90. The second-order valence-electron chi connectivity index (χ2n) is 4.68. The lowest BCUT2D eigenvalue weighted by Crippen LogP contribution is -2.24. The molecule has 0 radical (unpaired) electrons. The van der Waals surface area contributed by atoms with Crippen LogP contribution in [-0.2, 0) is 11.4 Å². The highest BCUT2D eigenvalue weighted by molar-refractivity contribution is 5.87. The smallest absolute Gasteiger partial charge is 0.277 e. The molecule has 3 N–H and O–H groups in total. The number of hydrogen-bond donors (Lipinski definition) is 3. The van der Waals surface area contributed by atoms with Crippen molar-refractivity contribution >= 4 is 12.1 Å². The Bertz CT molecular complexity index is 702. The van der Waals surface area contributed by atoms with E-state index < -0.39 is 5.91 Å². The SMILES string of the molecule is Cc1ncc(CO)c(/C=N\NC(=O)COc2ccccc2)c1O. The van der Waals surface area contributed by atoms with Crippen LogP contribution in [0.3, 0.4) is 0 Å². The molecule has 0 aliphatic carbocycles. The number of para-hydroxylation sites is 1. The molecule has 23 heavy (non-hydrogen) atoms. The van der Waals surface area contributed by atoms with E-state index in [4.69, 9.17) is 4.74 Å². The van der Waals surface area contributed by atoms with E-state index in [0.717, 1.165) is 0 Å². The van der Waals surface area contributed by atoms with Gasteiger partial charge in [0.1, 0.15) is 11.5 Å². The van der Waals surface area contributed by atoms with Crippen LogP contribution in [0, 0.1) is 6.92 Å². The van der Waals surface area contributed by atoms with Gasteiger partial charge in [-0.15, -0.1) is 0 Å². The summed E-state index contributed by atoms with van der Waals surface area (Å²) in [7, 11) is 0. The van der Waals surface area contributed by atoms with E-state index >= 15 is 0 Å². The average Bonchev–Trinajstić information content (AvgIpc) is 2.58. The Kier molecular flexibility index (Phi) is 5.65. The number of benzene rings is 1. The first-order valence-electron chi connectivity index (χ1n) is 6.90. The number of ether oxygens (including phenoxy) is 1. The molecule has 120 valence electrons. The summed E-state index contributed by atoms with van der Waals surface area (Å²) in [5.41, 5.74) is 3.42. The van der Waals surface area contributed by atoms with Crippen LogP contribution in [0.15, 0.2) is 41.6 Å². The van der Waals surface area contributed by atoms with Crippen molar-refractivity contribution < 1.29 is 19.7 Å². The van der Waals surface area contributed by atoms with Gasteiger partial charge in [0.2, 0.25) is 0 Å². The molecule has 0 aliphatic rings. The number of aryl methyl sites for hydroxylation is 1. The maximum Gasteiger partial charge on any atom is 0.277 e. The number of carbonyl (C=O) groups excluding carboxylic acids is 1. The predicted molar refractivity (Wildman–Crippen MR) is 84.2 cm³/mol. The molecule has 0 aliphatic heterocycles. The van der Waals surface area contributed by atoms with Crippen LogP contribution in [0.1, 0.15) is 16.8 Å². The first-order valence-corrected chi connectivity index (χ1v) is 6.90. The van der Waals surface area contributed by atoms with E-state index in [1.807, 2.05) is 6.07 Å². The van der Waals surface area contributed by atoms with Gasteiger partial charge in [-0.2, -0.15) is 5.10 Å². The van der Waals surface area contributed by atoms with Crippen LogP contribution < -0.4 is 10.2 Å². The first-order chi connectivity index (χ1) is 11.1. The number of amides is 1. The van der Waals surface area contributed by atoms with Crippen molar-refractivity contribution in [3.05, 3.63) is 53.3 Å². The van der Waals surface area contributed by atoms with Crippen LogP contribution in [0.5, 0.6) is 11.5 Å². The van der Waals surface area contributed by atoms with Gasteiger partial charge in [0.25, 0.3) is 5.91 Å². The average molecular weight is 315 g/mol. The Hall–Kier alpha value is -2.93. The van der Waals surface area contributed by atoms with Gasteiger partial charge in [-0.05, 0) is 19.1 Å². The Morgan fingerprint density at radius 1 is 1.39 bits per heavy atom. The molecule has 0 spiro atoms. The normalized spacial score (nSPS) is 10.7. The summed E-state index contributed by atoms with van der Waals surface area (Å²) in [6.07, 6.45) is 2.70.